The summed E-state index contributed by atoms with van der Waals surface area (Å²) in [6.45, 7) is -0.611. The van der Waals surface area contributed by atoms with E-state index in [-0.39, 0.29) is 23.3 Å². The number of para-hydroxylation sites is 2. The molecule has 0 aliphatic heterocycles. The number of thiocarbonyl (C=S) groups is 2. The lowest BCUT2D eigenvalue weighted by molar-refractivity contribution is -0.136. The topological polar surface area (TPSA) is 123 Å². The summed E-state index contributed by atoms with van der Waals surface area (Å²) in [5.74, 6) is -2.07. The summed E-state index contributed by atoms with van der Waals surface area (Å²) in [7, 11) is 0. The molecule has 1 aromatic carbocycles. The standard InChI is InChI=1S/C12H14N4O4S2/c17-9(18)5-13-11(21)15-7-3-1-2-4-8(7)16-12(22)14-6-10(19)20/h1-4H,5-6H2,(H,17,18)(H,19,20)(H2,13,15,21)(H2,14,16,22). The summed E-state index contributed by atoms with van der Waals surface area (Å²) in [5.41, 5.74) is 1.12. The number of carboxylic acids is 2. The summed E-state index contributed by atoms with van der Waals surface area (Å²) in [5, 5.41) is 28.1. The van der Waals surface area contributed by atoms with E-state index in [0.717, 1.165) is 0 Å². The van der Waals surface area contributed by atoms with E-state index in [1.54, 1.807) is 24.3 Å². The van der Waals surface area contributed by atoms with Crippen molar-refractivity contribution in [3.05, 3.63) is 24.3 Å². The molecule has 10 heteroatoms. The quantitative estimate of drug-likeness (QED) is 0.406. The van der Waals surface area contributed by atoms with Crippen molar-refractivity contribution < 1.29 is 19.8 Å². The van der Waals surface area contributed by atoms with Gasteiger partial charge in [0, 0.05) is 0 Å². The van der Waals surface area contributed by atoms with Crippen LogP contribution in [0, 0.1) is 0 Å². The van der Waals surface area contributed by atoms with E-state index in [0.29, 0.717) is 11.4 Å². The first-order chi connectivity index (χ1) is 10.4. The van der Waals surface area contributed by atoms with Crippen LogP contribution in [0.2, 0.25) is 0 Å². The Balaban J connectivity index is 2.65. The SMILES string of the molecule is O=C(O)CNC(=S)Nc1ccccc1NC(=S)NCC(=O)O. The summed E-state index contributed by atoms with van der Waals surface area (Å²) >= 11 is 9.95. The molecule has 0 amide bonds. The van der Waals surface area contributed by atoms with E-state index in [9.17, 15) is 9.59 Å². The fraction of sp³-hybridized carbons (Fsp3) is 0.167. The van der Waals surface area contributed by atoms with E-state index >= 15 is 0 Å². The van der Waals surface area contributed by atoms with E-state index in [2.05, 4.69) is 21.3 Å². The van der Waals surface area contributed by atoms with Crippen LogP contribution in [-0.2, 0) is 9.59 Å². The number of carboxylic acid groups (broad SMARTS) is 2. The van der Waals surface area contributed by atoms with Gasteiger partial charge >= 0.3 is 11.9 Å². The van der Waals surface area contributed by atoms with Gasteiger partial charge in [-0.05, 0) is 36.6 Å². The van der Waals surface area contributed by atoms with Crippen LogP contribution >= 0.6 is 24.4 Å². The molecule has 1 aromatic rings. The van der Waals surface area contributed by atoms with Gasteiger partial charge in [-0.1, -0.05) is 12.1 Å². The van der Waals surface area contributed by atoms with Crippen LogP contribution in [0.4, 0.5) is 11.4 Å². The Morgan fingerprint density at radius 3 is 1.55 bits per heavy atom. The van der Waals surface area contributed by atoms with Crippen molar-refractivity contribution in [2.24, 2.45) is 0 Å². The smallest absolute Gasteiger partial charge is 0.322 e. The summed E-state index contributed by atoms with van der Waals surface area (Å²) in [6.07, 6.45) is 0. The van der Waals surface area contributed by atoms with Gasteiger partial charge in [-0.25, -0.2) is 0 Å². The normalized spacial score (nSPS) is 9.45. The number of rotatable bonds is 6. The molecule has 6 N–H and O–H groups in total. The average molecular weight is 342 g/mol. The molecular weight excluding hydrogens is 328 g/mol. The highest BCUT2D eigenvalue weighted by Gasteiger charge is 2.07. The average Bonchev–Trinajstić information content (AvgIpc) is 2.45. The van der Waals surface area contributed by atoms with Crippen LogP contribution in [0.3, 0.4) is 0 Å². The predicted octanol–water partition coefficient (Wildman–Crippen LogP) is 0.429. The molecule has 0 aromatic heterocycles. The third kappa shape index (κ3) is 6.81. The van der Waals surface area contributed by atoms with Crippen LogP contribution in [-0.4, -0.2) is 45.5 Å². The maximum Gasteiger partial charge on any atom is 0.322 e. The van der Waals surface area contributed by atoms with Gasteiger partial charge in [0.15, 0.2) is 10.2 Å². The van der Waals surface area contributed by atoms with Crippen molar-refractivity contribution in [2.75, 3.05) is 23.7 Å². The Labute approximate surface area is 136 Å². The Morgan fingerprint density at radius 2 is 1.23 bits per heavy atom. The third-order valence-electron chi connectivity index (χ3n) is 2.22. The Bertz CT molecular complexity index is 543. The minimum atomic E-state index is -1.03. The van der Waals surface area contributed by atoms with Crippen molar-refractivity contribution in [3.63, 3.8) is 0 Å². The van der Waals surface area contributed by atoms with Gasteiger partial charge < -0.3 is 31.5 Å². The van der Waals surface area contributed by atoms with Crippen molar-refractivity contribution in [1.29, 1.82) is 0 Å². The molecule has 8 nitrogen and oxygen atoms in total. The van der Waals surface area contributed by atoms with Crippen molar-refractivity contribution >= 4 is 58.0 Å². The molecule has 0 aliphatic rings. The zero-order valence-corrected chi connectivity index (χ0v) is 12.9. The highest BCUT2D eigenvalue weighted by molar-refractivity contribution is 7.80. The van der Waals surface area contributed by atoms with E-state index in [1.807, 2.05) is 0 Å². The highest BCUT2D eigenvalue weighted by Crippen LogP contribution is 2.20. The molecular formula is C12H14N4O4S2. The van der Waals surface area contributed by atoms with E-state index < -0.39 is 11.9 Å². The lowest BCUT2D eigenvalue weighted by atomic mass is 10.2. The van der Waals surface area contributed by atoms with E-state index in [1.165, 1.54) is 0 Å². The zero-order valence-electron chi connectivity index (χ0n) is 11.3. The van der Waals surface area contributed by atoms with Gasteiger partial charge in [-0.2, -0.15) is 0 Å². The first-order valence-corrected chi connectivity index (χ1v) is 6.82. The highest BCUT2D eigenvalue weighted by atomic mass is 32.1. The predicted molar refractivity (Wildman–Crippen MR) is 90.2 cm³/mol. The number of aliphatic carboxylic acids is 2. The molecule has 0 saturated heterocycles. The van der Waals surface area contributed by atoms with Crippen LogP contribution in [0.1, 0.15) is 0 Å². The second-order valence-electron chi connectivity index (χ2n) is 3.95. The van der Waals surface area contributed by atoms with Crippen molar-refractivity contribution in [2.45, 2.75) is 0 Å². The number of nitrogens with one attached hydrogen (secondary N) is 4. The molecule has 0 saturated carbocycles. The molecule has 0 bridgehead atoms. The van der Waals surface area contributed by atoms with Gasteiger partial charge in [-0.3, -0.25) is 9.59 Å². The molecule has 0 radical (unpaired) electrons. The monoisotopic (exact) mass is 342 g/mol. The molecule has 0 spiro atoms. The largest absolute Gasteiger partial charge is 0.480 e. The van der Waals surface area contributed by atoms with Gasteiger partial charge in [0.2, 0.25) is 0 Å². The molecule has 0 aliphatic carbocycles. The molecule has 1 rings (SSSR count). The number of anilines is 2. The molecule has 0 fully saturated rings. The summed E-state index contributed by atoms with van der Waals surface area (Å²) < 4.78 is 0. The maximum atomic E-state index is 10.5. The second-order valence-corrected chi connectivity index (χ2v) is 4.76. The Morgan fingerprint density at radius 1 is 0.864 bits per heavy atom. The lowest BCUT2D eigenvalue weighted by Gasteiger charge is -2.15. The minimum Gasteiger partial charge on any atom is -0.480 e. The summed E-state index contributed by atoms with van der Waals surface area (Å²) in [6, 6.07) is 6.91. The fourth-order valence-corrected chi connectivity index (χ4v) is 1.71. The van der Waals surface area contributed by atoms with Crippen LogP contribution in [0.25, 0.3) is 0 Å². The molecule has 0 atom stereocenters. The van der Waals surface area contributed by atoms with Crippen LogP contribution in [0.5, 0.6) is 0 Å². The third-order valence-corrected chi connectivity index (χ3v) is 2.72. The lowest BCUT2D eigenvalue weighted by Crippen LogP contribution is -2.34. The van der Waals surface area contributed by atoms with Gasteiger partial charge in [0.25, 0.3) is 0 Å². The molecule has 22 heavy (non-hydrogen) atoms. The zero-order chi connectivity index (χ0) is 16.5. The van der Waals surface area contributed by atoms with Crippen molar-refractivity contribution in [1.82, 2.24) is 10.6 Å². The maximum absolute atomic E-state index is 10.5. The first kappa shape index (κ1) is 17.6. The fourth-order valence-electron chi connectivity index (χ4n) is 1.35. The van der Waals surface area contributed by atoms with Gasteiger partial charge in [-0.15, -0.1) is 0 Å². The molecule has 0 unspecified atom stereocenters. The second kappa shape index (κ2) is 8.74. The van der Waals surface area contributed by atoms with Crippen molar-refractivity contribution in [3.8, 4) is 0 Å². The van der Waals surface area contributed by atoms with Crippen LogP contribution in [0.15, 0.2) is 24.3 Å². The molecule has 0 heterocycles. The molecule has 118 valence electrons. The summed E-state index contributed by atoms with van der Waals surface area (Å²) in [4.78, 5) is 20.9. The van der Waals surface area contributed by atoms with E-state index in [4.69, 9.17) is 34.6 Å². The number of carbonyl (C=O) groups is 2. The first-order valence-electron chi connectivity index (χ1n) is 6.01. The number of hydrogen-bond acceptors (Lipinski definition) is 4. The van der Waals surface area contributed by atoms with Crippen LogP contribution < -0.4 is 21.3 Å². The Hall–Kier alpha value is -2.46. The van der Waals surface area contributed by atoms with Gasteiger partial charge in [0.1, 0.15) is 13.1 Å². The Kier molecular flexibility index (Phi) is 6.99. The van der Waals surface area contributed by atoms with Gasteiger partial charge in [0.05, 0.1) is 11.4 Å². The minimum absolute atomic E-state index is 0.140. The number of benzene rings is 1. The number of hydrogen-bond donors (Lipinski definition) is 6.